The molecular weight excluding hydrogens is 262 g/mol. The fourth-order valence-corrected chi connectivity index (χ4v) is 1.98. The average molecular weight is 270 g/mol. The Hall–Kier alpha value is -2.94. The quantitative estimate of drug-likeness (QED) is 0.667. The summed E-state index contributed by atoms with van der Waals surface area (Å²) in [5.41, 5.74) is 7.90. The summed E-state index contributed by atoms with van der Waals surface area (Å²) in [6, 6.07) is 8.79. The van der Waals surface area contributed by atoms with Crippen LogP contribution in [0.25, 0.3) is 22.4 Å². The maximum Gasteiger partial charge on any atom is 0.161 e. The second-order valence-electron chi connectivity index (χ2n) is 4.28. The Morgan fingerprint density at radius 2 is 1.90 bits per heavy atom. The van der Waals surface area contributed by atoms with E-state index in [0.717, 1.165) is 12.1 Å². The molecule has 0 fully saturated rings. The van der Waals surface area contributed by atoms with Crippen molar-refractivity contribution in [1.29, 1.82) is 5.26 Å². The van der Waals surface area contributed by atoms with Crippen LogP contribution in [-0.4, -0.2) is 9.97 Å². The van der Waals surface area contributed by atoms with E-state index in [2.05, 4.69) is 9.97 Å². The highest BCUT2D eigenvalue weighted by Crippen LogP contribution is 2.27. The molecule has 0 bridgehead atoms. The van der Waals surface area contributed by atoms with E-state index in [-0.39, 0.29) is 0 Å². The molecule has 3 N–H and O–H groups in total. The van der Waals surface area contributed by atoms with Gasteiger partial charge in [-0.3, -0.25) is 0 Å². The number of aromatic amines is 1. The van der Waals surface area contributed by atoms with Crippen LogP contribution >= 0.6 is 0 Å². The van der Waals surface area contributed by atoms with Crippen LogP contribution in [0.4, 0.5) is 14.5 Å². The van der Waals surface area contributed by atoms with Crippen molar-refractivity contribution in [3.63, 3.8) is 0 Å². The molecule has 20 heavy (non-hydrogen) atoms. The first kappa shape index (κ1) is 12.1. The van der Waals surface area contributed by atoms with E-state index in [1.54, 1.807) is 12.1 Å². The normalized spacial score (nSPS) is 10.7. The number of halogens is 2. The van der Waals surface area contributed by atoms with Gasteiger partial charge in [0.1, 0.15) is 5.82 Å². The predicted molar refractivity (Wildman–Crippen MR) is 70.6 cm³/mol. The van der Waals surface area contributed by atoms with Crippen molar-refractivity contribution < 1.29 is 8.78 Å². The number of nitrogens with two attached hydrogens (primary N) is 1. The van der Waals surface area contributed by atoms with Gasteiger partial charge in [0, 0.05) is 23.4 Å². The number of hydrogen-bond acceptors (Lipinski definition) is 3. The van der Waals surface area contributed by atoms with Crippen LogP contribution in [0, 0.1) is 23.0 Å². The fourth-order valence-electron chi connectivity index (χ4n) is 1.98. The Kier molecular flexibility index (Phi) is 2.61. The summed E-state index contributed by atoms with van der Waals surface area (Å²) in [4.78, 5) is 7.05. The second-order valence-corrected chi connectivity index (χ2v) is 4.28. The molecule has 0 aliphatic heterocycles. The smallest absolute Gasteiger partial charge is 0.161 e. The van der Waals surface area contributed by atoms with Crippen molar-refractivity contribution in [2.24, 2.45) is 0 Å². The number of hydrogen-bond donors (Lipinski definition) is 2. The molecule has 0 unspecified atom stereocenters. The van der Waals surface area contributed by atoms with Gasteiger partial charge < -0.3 is 10.7 Å². The minimum Gasteiger partial charge on any atom is -0.398 e. The number of rotatable bonds is 1. The van der Waals surface area contributed by atoms with Crippen LogP contribution in [0.3, 0.4) is 0 Å². The van der Waals surface area contributed by atoms with E-state index in [9.17, 15) is 8.78 Å². The molecule has 0 aliphatic rings. The Balaban J connectivity index is 2.18. The molecule has 0 saturated heterocycles. The summed E-state index contributed by atoms with van der Waals surface area (Å²) < 4.78 is 26.3. The predicted octanol–water partition coefficient (Wildman–Crippen LogP) is 2.96. The van der Waals surface area contributed by atoms with E-state index in [1.165, 1.54) is 6.07 Å². The first-order chi connectivity index (χ1) is 9.58. The molecule has 6 heteroatoms. The zero-order chi connectivity index (χ0) is 14.3. The summed E-state index contributed by atoms with van der Waals surface area (Å²) in [5.74, 6) is -1.50. The Labute approximate surface area is 112 Å². The minimum absolute atomic E-state index is 0.308. The lowest BCUT2D eigenvalue weighted by Crippen LogP contribution is -1.92. The fraction of sp³-hybridized carbons (Fsp3) is 0. The van der Waals surface area contributed by atoms with Gasteiger partial charge in [0.05, 0.1) is 22.7 Å². The Morgan fingerprint density at radius 1 is 1.15 bits per heavy atom. The lowest BCUT2D eigenvalue weighted by Gasteiger charge is -2.01. The van der Waals surface area contributed by atoms with Crippen molar-refractivity contribution in [3.8, 4) is 17.5 Å². The Morgan fingerprint density at radius 3 is 2.60 bits per heavy atom. The van der Waals surface area contributed by atoms with Crippen molar-refractivity contribution >= 4 is 16.7 Å². The molecule has 98 valence electrons. The summed E-state index contributed by atoms with van der Waals surface area (Å²) in [7, 11) is 0. The molecule has 4 nitrogen and oxygen atoms in total. The first-order valence-corrected chi connectivity index (χ1v) is 5.73. The van der Waals surface area contributed by atoms with E-state index < -0.39 is 11.6 Å². The summed E-state index contributed by atoms with van der Waals surface area (Å²) in [6.07, 6.45) is 0. The monoisotopic (exact) mass is 270 g/mol. The van der Waals surface area contributed by atoms with Gasteiger partial charge in [0.15, 0.2) is 11.6 Å². The number of aromatic nitrogens is 2. The van der Waals surface area contributed by atoms with Crippen molar-refractivity contribution in [2.45, 2.75) is 0 Å². The van der Waals surface area contributed by atoms with Gasteiger partial charge >= 0.3 is 0 Å². The SMILES string of the molecule is N#Cc1ccc(-c2nc3cc(F)c(F)cc3[nH]2)c(N)c1. The molecule has 0 radical (unpaired) electrons. The molecule has 0 aliphatic carbocycles. The molecule has 0 atom stereocenters. The van der Waals surface area contributed by atoms with Crippen LogP contribution in [-0.2, 0) is 0 Å². The summed E-state index contributed by atoms with van der Waals surface area (Å²) in [6.45, 7) is 0. The van der Waals surface area contributed by atoms with Crippen molar-refractivity contribution in [3.05, 3.63) is 47.5 Å². The number of nitrogens with one attached hydrogen (secondary N) is 1. The molecule has 3 rings (SSSR count). The number of nitrogens with zero attached hydrogens (tertiary/aromatic N) is 2. The maximum absolute atomic E-state index is 13.2. The number of fused-ring (bicyclic) bond motifs is 1. The van der Waals surface area contributed by atoms with Crippen molar-refractivity contribution in [1.82, 2.24) is 9.97 Å². The third-order valence-electron chi connectivity index (χ3n) is 2.96. The molecule has 1 heterocycles. The van der Waals surface area contributed by atoms with Crippen LogP contribution in [0.5, 0.6) is 0 Å². The largest absolute Gasteiger partial charge is 0.398 e. The zero-order valence-corrected chi connectivity index (χ0v) is 10.1. The highest BCUT2D eigenvalue weighted by Gasteiger charge is 2.12. The van der Waals surface area contributed by atoms with Gasteiger partial charge in [-0.15, -0.1) is 0 Å². The van der Waals surface area contributed by atoms with Crippen LogP contribution in [0.2, 0.25) is 0 Å². The number of H-pyrrole nitrogens is 1. The topological polar surface area (TPSA) is 78.5 Å². The van der Waals surface area contributed by atoms with Crippen LogP contribution < -0.4 is 5.73 Å². The van der Waals surface area contributed by atoms with Crippen LogP contribution in [0.1, 0.15) is 5.56 Å². The minimum atomic E-state index is -0.955. The number of nitrogen functional groups attached to an aromatic ring is 1. The Bertz CT molecular complexity index is 822. The molecule has 2 aromatic carbocycles. The molecule has 0 spiro atoms. The molecular formula is C14H8F2N4. The van der Waals surface area contributed by atoms with Crippen molar-refractivity contribution in [2.75, 3.05) is 5.73 Å². The average Bonchev–Trinajstić information content (AvgIpc) is 2.81. The van der Waals surface area contributed by atoms with Gasteiger partial charge in [-0.1, -0.05) is 0 Å². The third-order valence-corrected chi connectivity index (χ3v) is 2.96. The lowest BCUT2D eigenvalue weighted by atomic mass is 10.1. The lowest BCUT2D eigenvalue weighted by molar-refractivity contribution is 0.510. The van der Waals surface area contributed by atoms with Gasteiger partial charge in [-0.05, 0) is 18.2 Å². The standard InChI is InChI=1S/C14H8F2N4/c15-9-4-12-13(5-10(9)16)20-14(19-12)8-2-1-7(6-17)3-11(8)18/h1-5H,18H2,(H,19,20). The molecule has 3 aromatic rings. The van der Waals surface area contributed by atoms with Gasteiger partial charge in [0.25, 0.3) is 0 Å². The summed E-state index contributed by atoms with van der Waals surface area (Å²) in [5, 5.41) is 8.79. The number of imidazole rings is 1. The van der Waals surface area contributed by atoms with E-state index in [1.807, 2.05) is 6.07 Å². The first-order valence-electron chi connectivity index (χ1n) is 5.73. The van der Waals surface area contributed by atoms with E-state index in [4.69, 9.17) is 11.0 Å². The van der Waals surface area contributed by atoms with Gasteiger partial charge in [-0.25, -0.2) is 13.8 Å². The third kappa shape index (κ3) is 1.86. The zero-order valence-electron chi connectivity index (χ0n) is 10.1. The molecule has 0 saturated carbocycles. The number of nitriles is 1. The molecule has 1 aromatic heterocycles. The maximum atomic E-state index is 13.2. The highest BCUT2D eigenvalue weighted by atomic mass is 19.2. The van der Waals surface area contributed by atoms with Crippen LogP contribution in [0.15, 0.2) is 30.3 Å². The van der Waals surface area contributed by atoms with Gasteiger partial charge in [0.2, 0.25) is 0 Å². The van der Waals surface area contributed by atoms with Gasteiger partial charge in [-0.2, -0.15) is 5.26 Å². The second kappa shape index (κ2) is 4.31. The van der Waals surface area contributed by atoms with E-state index in [0.29, 0.717) is 33.7 Å². The van der Waals surface area contributed by atoms with E-state index >= 15 is 0 Å². The number of anilines is 1. The summed E-state index contributed by atoms with van der Waals surface area (Å²) >= 11 is 0. The molecule has 0 amide bonds. The highest BCUT2D eigenvalue weighted by molar-refractivity contribution is 5.82. The number of benzene rings is 2.